The van der Waals surface area contributed by atoms with Gasteiger partial charge in [-0.3, -0.25) is 19.2 Å². The topological polar surface area (TPSA) is 184 Å². The summed E-state index contributed by atoms with van der Waals surface area (Å²) in [5.41, 5.74) is 2.60. The number of ether oxygens (including phenoxy) is 9. The van der Waals surface area contributed by atoms with Crippen LogP contribution in [0.5, 0.6) is 0 Å². The third-order valence-corrected chi connectivity index (χ3v) is 8.96. The summed E-state index contributed by atoms with van der Waals surface area (Å²) in [5.74, 6) is -2.67. The molecule has 56 heavy (non-hydrogen) atoms. The number of hydrogen-bond acceptors (Lipinski definition) is 14. The molecule has 0 radical (unpaired) electrons. The van der Waals surface area contributed by atoms with E-state index in [0.29, 0.717) is 0 Å². The van der Waals surface area contributed by atoms with E-state index in [0.717, 1.165) is 30.5 Å². The van der Waals surface area contributed by atoms with Crippen LogP contribution in [0.4, 0.5) is 0 Å². The van der Waals surface area contributed by atoms with Crippen molar-refractivity contribution in [1.82, 2.24) is 5.32 Å². The van der Waals surface area contributed by atoms with Crippen LogP contribution in [0.25, 0.3) is 0 Å². The Kier molecular flexibility index (Phi) is 15.9. The molecule has 2 aliphatic rings. The van der Waals surface area contributed by atoms with Crippen molar-refractivity contribution in [3.8, 4) is 0 Å². The molecule has 302 valence electrons. The highest BCUT2D eigenvalue weighted by atomic mass is 16.7. The molecule has 6 unspecified atom stereocenters. The summed E-state index contributed by atoms with van der Waals surface area (Å²) in [6.07, 6.45) is -10.6. The first-order valence-electron chi connectivity index (χ1n) is 18.3. The Bertz CT molecular complexity index is 1700. The van der Waals surface area contributed by atoms with E-state index in [9.17, 15) is 24.3 Å². The Labute approximate surface area is 325 Å². The molecule has 0 spiro atoms. The standard InChI is InChI=1S/C41H49NO14/c1-25(43)42-34-37(54-28(4)46)36(53-27(3)45)33(23-48-26(2)44)56-41(34)52-24-32-35(49-20-29-14-8-5-9-15-29)38(50-21-30-16-10-6-11-17-30)39(40(47)55-32)51-22-31-18-12-7-13-19-31/h5-19,32-41,47H,20-24H2,1-4H3,(H,42,43)/t32?,33?,34?,35-,36-,37?,38?,39?,40+,41-/m1/s1. The van der Waals surface area contributed by atoms with Crippen LogP contribution in [0.2, 0.25) is 0 Å². The molecule has 2 saturated heterocycles. The van der Waals surface area contributed by atoms with E-state index in [-0.39, 0.29) is 26.4 Å². The number of rotatable bonds is 17. The van der Waals surface area contributed by atoms with Gasteiger partial charge < -0.3 is 53.1 Å². The zero-order valence-electron chi connectivity index (χ0n) is 31.7. The molecule has 0 saturated carbocycles. The van der Waals surface area contributed by atoms with Gasteiger partial charge in [0.1, 0.15) is 43.2 Å². The highest BCUT2D eigenvalue weighted by Crippen LogP contribution is 2.32. The zero-order chi connectivity index (χ0) is 40.0. The Balaban J connectivity index is 1.46. The smallest absolute Gasteiger partial charge is 0.303 e. The van der Waals surface area contributed by atoms with Crippen LogP contribution in [0, 0.1) is 0 Å². The molecule has 0 aliphatic carbocycles. The number of nitrogens with one attached hydrogen (secondary N) is 1. The van der Waals surface area contributed by atoms with Crippen molar-refractivity contribution in [2.75, 3.05) is 13.2 Å². The van der Waals surface area contributed by atoms with E-state index >= 15 is 0 Å². The monoisotopic (exact) mass is 779 g/mol. The summed E-state index contributed by atoms with van der Waals surface area (Å²) in [5, 5.41) is 14.2. The lowest BCUT2D eigenvalue weighted by molar-refractivity contribution is -0.330. The first kappa shape index (κ1) is 42.4. The van der Waals surface area contributed by atoms with Gasteiger partial charge in [0.2, 0.25) is 5.91 Å². The quantitative estimate of drug-likeness (QED) is 0.151. The number of carbonyl (C=O) groups excluding carboxylic acids is 4. The minimum atomic E-state index is -1.51. The average molecular weight is 780 g/mol. The second kappa shape index (κ2) is 21.0. The number of carbonyl (C=O) groups is 4. The molecule has 10 atom stereocenters. The fourth-order valence-electron chi connectivity index (χ4n) is 6.52. The number of benzene rings is 3. The molecular weight excluding hydrogens is 730 g/mol. The van der Waals surface area contributed by atoms with E-state index in [4.69, 9.17) is 42.6 Å². The van der Waals surface area contributed by atoms with Gasteiger partial charge in [0.05, 0.1) is 26.4 Å². The second-order valence-electron chi connectivity index (χ2n) is 13.4. The van der Waals surface area contributed by atoms with E-state index in [1.54, 1.807) is 0 Å². The first-order chi connectivity index (χ1) is 27.0. The van der Waals surface area contributed by atoms with Gasteiger partial charge in [0.15, 0.2) is 24.8 Å². The normalized spacial score (nSPS) is 27.4. The van der Waals surface area contributed by atoms with Crippen LogP contribution in [0.3, 0.4) is 0 Å². The van der Waals surface area contributed by atoms with E-state index < -0.39 is 91.8 Å². The SMILES string of the molecule is CC(=O)NC1C(OC(C)=O)[C@H](OC(C)=O)C(COC(C)=O)O[C@H]1OCC1O[C@H](O)C(OCc2ccccc2)C(OCc2ccccc2)[C@@H]1OCc1ccccc1. The third-order valence-electron chi connectivity index (χ3n) is 8.96. The zero-order valence-corrected chi connectivity index (χ0v) is 31.7. The summed E-state index contributed by atoms with van der Waals surface area (Å²) in [6.45, 7) is 4.43. The van der Waals surface area contributed by atoms with Crippen LogP contribution < -0.4 is 5.32 Å². The average Bonchev–Trinajstić information content (AvgIpc) is 3.17. The Morgan fingerprint density at radius 1 is 0.554 bits per heavy atom. The molecule has 2 N–H and O–H groups in total. The molecule has 15 nitrogen and oxygen atoms in total. The van der Waals surface area contributed by atoms with Gasteiger partial charge >= 0.3 is 17.9 Å². The van der Waals surface area contributed by atoms with Crippen LogP contribution >= 0.6 is 0 Å². The van der Waals surface area contributed by atoms with Crippen molar-refractivity contribution in [1.29, 1.82) is 0 Å². The number of amides is 1. The van der Waals surface area contributed by atoms with Crippen molar-refractivity contribution in [2.24, 2.45) is 0 Å². The van der Waals surface area contributed by atoms with E-state index in [2.05, 4.69) is 5.32 Å². The molecule has 3 aromatic carbocycles. The van der Waals surface area contributed by atoms with Crippen LogP contribution in [-0.2, 0) is 81.6 Å². The number of aliphatic hydroxyl groups is 1. The number of hydrogen-bond donors (Lipinski definition) is 2. The van der Waals surface area contributed by atoms with Crippen molar-refractivity contribution >= 4 is 23.8 Å². The van der Waals surface area contributed by atoms with Crippen LogP contribution in [-0.4, -0.2) is 103 Å². The lowest BCUT2D eigenvalue weighted by atomic mass is 9.95. The minimum absolute atomic E-state index is 0.134. The fourth-order valence-corrected chi connectivity index (χ4v) is 6.52. The van der Waals surface area contributed by atoms with Crippen LogP contribution in [0.15, 0.2) is 91.0 Å². The van der Waals surface area contributed by atoms with Crippen LogP contribution in [0.1, 0.15) is 44.4 Å². The molecule has 5 rings (SSSR count). The summed E-state index contributed by atoms with van der Waals surface area (Å²) in [4.78, 5) is 48.9. The molecule has 15 heteroatoms. The minimum Gasteiger partial charge on any atom is -0.463 e. The summed E-state index contributed by atoms with van der Waals surface area (Å²) >= 11 is 0. The van der Waals surface area contributed by atoms with Crippen molar-refractivity contribution in [3.05, 3.63) is 108 Å². The molecule has 2 heterocycles. The fraction of sp³-hybridized carbons (Fsp3) is 0.463. The molecule has 2 fully saturated rings. The predicted molar refractivity (Wildman–Crippen MR) is 196 cm³/mol. The predicted octanol–water partition coefficient (Wildman–Crippen LogP) is 3.13. The van der Waals surface area contributed by atoms with Crippen molar-refractivity contribution in [3.63, 3.8) is 0 Å². The maximum atomic E-state index is 12.5. The molecule has 3 aromatic rings. The van der Waals surface area contributed by atoms with Gasteiger partial charge in [-0.25, -0.2) is 0 Å². The molecule has 0 aromatic heterocycles. The second-order valence-corrected chi connectivity index (χ2v) is 13.4. The molecular formula is C41H49NO14. The number of esters is 3. The Morgan fingerprint density at radius 2 is 1.02 bits per heavy atom. The van der Waals surface area contributed by atoms with Gasteiger partial charge in [0, 0.05) is 27.7 Å². The van der Waals surface area contributed by atoms with Gasteiger partial charge in [-0.2, -0.15) is 0 Å². The molecule has 1 amide bonds. The first-order valence-corrected chi connectivity index (χ1v) is 18.3. The highest BCUT2D eigenvalue weighted by molar-refractivity contribution is 5.73. The highest BCUT2D eigenvalue weighted by Gasteiger charge is 2.53. The van der Waals surface area contributed by atoms with E-state index in [1.165, 1.54) is 13.8 Å². The third kappa shape index (κ3) is 12.4. The largest absolute Gasteiger partial charge is 0.463 e. The van der Waals surface area contributed by atoms with E-state index in [1.807, 2.05) is 91.0 Å². The van der Waals surface area contributed by atoms with Gasteiger partial charge in [-0.05, 0) is 16.7 Å². The molecule has 0 bridgehead atoms. The Hall–Kier alpha value is -4.74. The lowest BCUT2D eigenvalue weighted by Crippen LogP contribution is -2.67. The van der Waals surface area contributed by atoms with Crippen molar-refractivity contribution < 1.29 is 66.9 Å². The molecule has 2 aliphatic heterocycles. The van der Waals surface area contributed by atoms with Gasteiger partial charge in [0.25, 0.3) is 0 Å². The summed E-state index contributed by atoms with van der Waals surface area (Å²) in [6, 6.07) is 27.2. The maximum Gasteiger partial charge on any atom is 0.303 e. The van der Waals surface area contributed by atoms with Crippen molar-refractivity contribution in [2.45, 2.75) is 109 Å². The summed E-state index contributed by atoms with van der Waals surface area (Å²) < 4.78 is 54.4. The summed E-state index contributed by atoms with van der Waals surface area (Å²) in [7, 11) is 0. The van der Waals surface area contributed by atoms with Gasteiger partial charge in [-0.15, -0.1) is 0 Å². The maximum absolute atomic E-state index is 12.5. The van der Waals surface area contributed by atoms with Gasteiger partial charge in [-0.1, -0.05) is 91.0 Å². The number of aliphatic hydroxyl groups excluding tert-OH is 1. The lowest BCUT2D eigenvalue weighted by Gasteiger charge is -2.47. The Morgan fingerprint density at radius 3 is 1.50 bits per heavy atom.